The third-order valence-corrected chi connectivity index (χ3v) is 5.04. The van der Waals surface area contributed by atoms with Gasteiger partial charge in [-0.1, -0.05) is 6.07 Å². The van der Waals surface area contributed by atoms with Gasteiger partial charge < -0.3 is 0 Å². The summed E-state index contributed by atoms with van der Waals surface area (Å²) in [5, 5.41) is 0. The molecule has 0 amide bonds. The van der Waals surface area contributed by atoms with Crippen molar-refractivity contribution in [2.24, 2.45) is 4.40 Å². The van der Waals surface area contributed by atoms with Crippen LogP contribution in [0.4, 0.5) is 4.39 Å². The lowest BCUT2D eigenvalue weighted by molar-refractivity contribution is 0.562. The van der Waals surface area contributed by atoms with Gasteiger partial charge in [0.15, 0.2) is 0 Å². The lowest BCUT2D eigenvalue weighted by Gasteiger charge is -2.15. The summed E-state index contributed by atoms with van der Waals surface area (Å²) in [6.45, 7) is 6.34. The van der Waals surface area contributed by atoms with Crippen LogP contribution in [-0.2, 0) is 10.0 Å². The van der Waals surface area contributed by atoms with E-state index in [9.17, 15) is 12.8 Å². The van der Waals surface area contributed by atoms with E-state index < -0.39 is 20.6 Å². The molecule has 0 saturated heterocycles. The first-order valence-electron chi connectivity index (χ1n) is 5.31. The van der Waals surface area contributed by atoms with Gasteiger partial charge in [-0.25, -0.2) is 12.8 Å². The Balaban J connectivity index is 3.23. The van der Waals surface area contributed by atoms with Crippen LogP contribution in [0.15, 0.2) is 27.1 Å². The van der Waals surface area contributed by atoms with E-state index >= 15 is 0 Å². The fourth-order valence-electron chi connectivity index (χ4n) is 1.09. The van der Waals surface area contributed by atoms with Gasteiger partial charge >= 0.3 is 0 Å². The SMILES string of the molecule is CC(=NS(=O)(=O)C(C)(C)C)c1ccc(F)c(Br)c1. The third-order valence-electron chi connectivity index (χ3n) is 2.37. The largest absolute Gasteiger partial charge is 0.258 e. The normalized spacial score (nSPS) is 13.8. The molecule has 0 aromatic heterocycles. The van der Waals surface area contributed by atoms with E-state index in [4.69, 9.17) is 0 Å². The van der Waals surface area contributed by atoms with Crippen molar-refractivity contribution in [3.8, 4) is 0 Å². The van der Waals surface area contributed by atoms with Crippen LogP contribution in [0, 0.1) is 5.82 Å². The Morgan fingerprint density at radius 3 is 2.33 bits per heavy atom. The summed E-state index contributed by atoms with van der Waals surface area (Å²) in [4.78, 5) is 0. The average Bonchev–Trinajstić information content (AvgIpc) is 2.19. The van der Waals surface area contributed by atoms with Crippen LogP contribution < -0.4 is 0 Å². The summed E-state index contributed by atoms with van der Waals surface area (Å²) < 4.78 is 40.0. The molecule has 1 rings (SSSR count). The van der Waals surface area contributed by atoms with Crippen LogP contribution in [-0.4, -0.2) is 18.9 Å². The first kappa shape index (κ1) is 15.3. The smallest absolute Gasteiger partial charge is 0.206 e. The quantitative estimate of drug-likeness (QED) is 0.776. The second kappa shape index (κ2) is 5.09. The van der Waals surface area contributed by atoms with Gasteiger partial charge in [-0.15, -0.1) is 0 Å². The fourth-order valence-corrected chi connectivity index (χ4v) is 2.21. The second-order valence-corrected chi connectivity index (χ2v) is 8.10. The van der Waals surface area contributed by atoms with Crippen LogP contribution >= 0.6 is 15.9 Å². The number of sulfonamides is 1. The van der Waals surface area contributed by atoms with Crippen molar-refractivity contribution >= 4 is 31.7 Å². The molecule has 0 radical (unpaired) electrons. The summed E-state index contributed by atoms with van der Waals surface area (Å²) in [5.74, 6) is -0.398. The Hall–Kier alpha value is -0.750. The Labute approximate surface area is 115 Å². The maximum Gasteiger partial charge on any atom is 0.258 e. The zero-order chi connectivity index (χ0) is 14.1. The number of rotatable bonds is 2. The Kier molecular flexibility index (Phi) is 4.33. The number of nitrogens with zero attached hydrogens (tertiary/aromatic N) is 1. The van der Waals surface area contributed by atoms with Crippen LogP contribution in [0.2, 0.25) is 0 Å². The van der Waals surface area contributed by atoms with E-state index in [0.29, 0.717) is 11.3 Å². The highest BCUT2D eigenvalue weighted by Gasteiger charge is 2.28. The number of halogens is 2. The van der Waals surface area contributed by atoms with E-state index in [1.165, 1.54) is 18.2 Å². The molecule has 100 valence electrons. The molecule has 1 aromatic rings. The summed E-state index contributed by atoms with van der Waals surface area (Å²) >= 11 is 3.05. The van der Waals surface area contributed by atoms with E-state index in [-0.39, 0.29) is 4.47 Å². The maximum absolute atomic E-state index is 13.1. The topological polar surface area (TPSA) is 46.5 Å². The first-order chi connectivity index (χ1) is 8.04. The molecule has 0 fully saturated rings. The Morgan fingerprint density at radius 2 is 1.89 bits per heavy atom. The van der Waals surface area contributed by atoms with Crippen LogP contribution in [0.1, 0.15) is 33.3 Å². The van der Waals surface area contributed by atoms with Gasteiger partial charge in [-0.05, 0) is 61.3 Å². The molecule has 1 aromatic carbocycles. The molecule has 0 saturated carbocycles. The minimum atomic E-state index is -3.59. The molecular formula is C12H15BrFNO2S. The van der Waals surface area contributed by atoms with E-state index in [1.54, 1.807) is 27.7 Å². The number of hydrogen-bond donors (Lipinski definition) is 0. The van der Waals surface area contributed by atoms with Gasteiger partial charge in [0.25, 0.3) is 10.0 Å². The van der Waals surface area contributed by atoms with Gasteiger partial charge in [0.05, 0.1) is 14.9 Å². The van der Waals surface area contributed by atoms with E-state index in [1.807, 2.05) is 0 Å². The zero-order valence-corrected chi connectivity index (χ0v) is 13.1. The van der Waals surface area contributed by atoms with Gasteiger partial charge in [0.2, 0.25) is 0 Å². The molecule has 0 heterocycles. The van der Waals surface area contributed by atoms with Gasteiger partial charge in [-0.2, -0.15) is 4.40 Å². The van der Waals surface area contributed by atoms with Gasteiger partial charge in [0, 0.05) is 0 Å². The highest BCUT2D eigenvalue weighted by Crippen LogP contribution is 2.21. The van der Waals surface area contributed by atoms with E-state index in [0.717, 1.165) is 0 Å². The summed E-state index contributed by atoms with van der Waals surface area (Å²) in [7, 11) is -3.59. The van der Waals surface area contributed by atoms with Crippen molar-refractivity contribution in [1.29, 1.82) is 0 Å². The number of hydrogen-bond acceptors (Lipinski definition) is 2. The van der Waals surface area contributed by atoms with Crippen molar-refractivity contribution in [1.82, 2.24) is 0 Å². The summed E-state index contributed by atoms with van der Waals surface area (Å²) in [6, 6.07) is 4.27. The Bertz CT molecular complexity index is 589. The molecular weight excluding hydrogens is 321 g/mol. The molecule has 0 aliphatic heterocycles. The van der Waals surface area contributed by atoms with Gasteiger partial charge in [-0.3, -0.25) is 0 Å². The minimum absolute atomic E-state index is 0.280. The molecule has 6 heteroatoms. The molecule has 0 aliphatic carbocycles. The zero-order valence-electron chi connectivity index (χ0n) is 10.7. The van der Waals surface area contributed by atoms with Crippen molar-refractivity contribution in [3.05, 3.63) is 34.1 Å². The summed E-state index contributed by atoms with van der Waals surface area (Å²) in [5.41, 5.74) is 0.904. The predicted molar refractivity (Wildman–Crippen MR) is 75.0 cm³/mol. The maximum atomic E-state index is 13.1. The van der Waals surface area contributed by atoms with Crippen LogP contribution in [0.3, 0.4) is 0 Å². The van der Waals surface area contributed by atoms with Crippen molar-refractivity contribution in [2.75, 3.05) is 0 Å². The van der Waals surface area contributed by atoms with Crippen LogP contribution in [0.25, 0.3) is 0 Å². The first-order valence-corrected chi connectivity index (χ1v) is 7.54. The molecule has 0 aliphatic rings. The third kappa shape index (κ3) is 3.38. The average molecular weight is 336 g/mol. The highest BCUT2D eigenvalue weighted by molar-refractivity contribution is 9.10. The number of benzene rings is 1. The van der Waals surface area contributed by atoms with Crippen molar-refractivity contribution < 1.29 is 12.8 Å². The fraction of sp³-hybridized carbons (Fsp3) is 0.417. The molecule has 0 bridgehead atoms. The molecule has 18 heavy (non-hydrogen) atoms. The molecule has 0 unspecified atom stereocenters. The predicted octanol–water partition coefficient (Wildman–Crippen LogP) is 3.53. The molecule has 0 atom stereocenters. The highest BCUT2D eigenvalue weighted by atomic mass is 79.9. The second-order valence-electron chi connectivity index (χ2n) is 4.89. The summed E-state index contributed by atoms with van der Waals surface area (Å²) in [6.07, 6.45) is 0. The van der Waals surface area contributed by atoms with E-state index in [2.05, 4.69) is 20.3 Å². The molecule has 0 spiro atoms. The molecule has 0 N–H and O–H groups in total. The van der Waals surface area contributed by atoms with Crippen molar-refractivity contribution in [3.63, 3.8) is 0 Å². The van der Waals surface area contributed by atoms with Crippen LogP contribution in [0.5, 0.6) is 0 Å². The van der Waals surface area contributed by atoms with Crippen molar-refractivity contribution in [2.45, 2.75) is 32.4 Å². The van der Waals surface area contributed by atoms with Gasteiger partial charge in [0.1, 0.15) is 5.82 Å². The minimum Gasteiger partial charge on any atom is -0.206 e. The standard InChI is InChI=1S/C12H15BrFNO2S/c1-8(15-18(16,17)12(2,3)4)9-5-6-11(14)10(13)7-9/h5-7H,1-4H3. The monoisotopic (exact) mass is 335 g/mol. The Morgan fingerprint density at radius 1 is 1.33 bits per heavy atom. The lowest BCUT2D eigenvalue weighted by Crippen LogP contribution is -2.26. The lowest BCUT2D eigenvalue weighted by atomic mass is 10.1. The molecule has 3 nitrogen and oxygen atoms in total.